The Bertz CT molecular complexity index is 399. The Morgan fingerprint density at radius 1 is 1.47 bits per heavy atom. The lowest BCUT2D eigenvalue weighted by Crippen LogP contribution is -2.00. The predicted octanol–water partition coefficient (Wildman–Crippen LogP) is 1.49. The van der Waals surface area contributed by atoms with Crippen LogP contribution in [0.2, 0.25) is 0 Å². The van der Waals surface area contributed by atoms with Crippen LogP contribution in [0.5, 0.6) is 0 Å². The molecule has 0 saturated heterocycles. The van der Waals surface area contributed by atoms with E-state index >= 15 is 0 Å². The summed E-state index contributed by atoms with van der Waals surface area (Å²) in [7, 11) is 0. The SMILES string of the molecule is CCCc1nsc(NCc2ncon2)n1. The Kier molecular flexibility index (Phi) is 3.23. The van der Waals surface area contributed by atoms with Gasteiger partial charge in [-0.1, -0.05) is 12.1 Å². The number of aromatic nitrogens is 4. The number of nitrogens with one attached hydrogen (secondary N) is 1. The second-order valence-electron chi connectivity index (χ2n) is 2.97. The molecule has 0 atom stereocenters. The van der Waals surface area contributed by atoms with Crippen LogP contribution in [0, 0.1) is 0 Å². The van der Waals surface area contributed by atoms with Gasteiger partial charge in [0.2, 0.25) is 11.5 Å². The second kappa shape index (κ2) is 4.83. The molecule has 0 amide bonds. The monoisotopic (exact) mass is 225 g/mol. The van der Waals surface area contributed by atoms with Crippen molar-refractivity contribution >= 4 is 16.7 Å². The van der Waals surface area contributed by atoms with Gasteiger partial charge in [0.15, 0.2) is 5.82 Å². The summed E-state index contributed by atoms with van der Waals surface area (Å²) in [5.41, 5.74) is 0. The van der Waals surface area contributed by atoms with E-state index in [2.05, 4.69) is 36.3 Å². The summed E-state index contributed by atoms with van der Waals surface area (Å²) < 4.78 is 8.82. The van der Waals surface area contributed by atoms with E-state index in [9.17, 15) is 0 Å². The fraction of sp³-hybridized carbons (Fsp3) is 0.500. The molecular formula is C8H11N5OS. The second-order valence-corrected chi connectivity index (χ2v) is 3.72. The van der Waals surface area contributed by atoms with Crippen molar-refractivity contribution in [1.82, 2.24) is 19.5 Å². The van der Waals surface area contributed by atoms with E-state index in [0.717, 1.165) is 23.8 Å². The van der Waals surface area contributed by atoms with Gasteiger partial charge in [0, 0.05) is 18.0 Å². The fourth-order valence-electron chi connectivity index (χ4n) is 1.08. The third kappa shape index (κ3) is 2.72. The number of aryl methyl sites for hydroxylation is 1. The van der Waals surface area contributed by atoms with Crippen LogP contribution in [0.1, 0.15) is 25.0 Å². The third-order valence-electron chi connectivity index (χ3n) is 1.75. The van der Waals surface area contributed by atoms with Gasteiger partial charge < -0.3 is 9.84 Å². The highest BCUT2D eigenvalue weighted by Gasteiger charge is 2.04. The van der Waals surface area contributed by atoms with E-state index in [4.69, 9.17) is 0 Å². The third-order valence-corrected chi connectivity index (χ3v) is 2.46. The number of anilines is 1. The Balaban J connectivity index is 1.88. The summed E-state index contributed by atoms with van der Waals surface area (Å²) in [6.45, 7) is 2.62. The molecule has 80 valence electrons. The first-order valence-electron chi connectivity index (χ1n) is 4.70. The fourth-order valence-corrected chi connectivity index (χ4v) is 1.68. The zero-order chi connectivity index (χ0) is 10.5. The minimum absolute atomic E-state index is 0.511. The summed E-state index contributed by atoms with van der Waals surface area (Å²) in [4.78, 5) is 8.20. The van der Waals surface area contributed by atoms with Crippen molar-refractivity contribution in [3.05, 3.63) is 18.0 Å². The molecular weight excluding hydrogens is 214 g/mol. The van der Waals surface area contributed by atoms with Gasteiger partial charge in [-0.2, -0.15) is 9.36 Å². The van der Waals surface area contributed by atoms with E-state index in [0.29, 0.717) is 12.4 Å². The van der Waals surface area contributed by atoms with E-state index < -0.39 is 0 Å². The molecule has 15 heavy (non-hydrogen) atoms. The van der Waals surface area contributed by atoms with Crippen LogP contribution in [0.4, 0.5) is 5.13 Å². The normalized spacial score (nSPS) is 10.5. The maximum Gasteiger partial charge on any atom is 0.213 e. The van der Waals surface area contributed by atoms with Crippen molar-refractivity contribution in [2.75, 3.05) is 5.32 Å². The van der Waals surface area contributed by atoms with Crippen LogP contribution < -0.4 is 5.32 Å². The van der Waals surface area contributed by atoms with Crippen molar-refractivity contribution < 1.29 is 4.52 Å². The maximum atomic E-state index is 4.61. The van der Waals surface area contributed by atoms with Crippen LogP contribution >= 0.6 is 11.5 Å². The molecule has 0 fully saturated rings. The lowest BCUT2D eigenvalue weighted by molar-refractivity contribution is 0.411. The molecule has 2 rings (SSSR count). The highest BCUT2D eigenvalue weighted by atomic mass is 32.1. The molecule has 0 radical (unpaired) electrons. The van der Waals surface area contributed by atoms with Crippen LogP contribution in [0.15, 0.2) is 10.9 Å². The van der Waals surface area contributed by atoms with Crippen molar-refractivity contribution in [1.29, 1.82) is 0 Å². The number of nitrogens with zero attached hydrogens (tertiary/aromatic N) is 4. The predicted molar refractivity (Wildman–Crippen MR) is 55.5 cm³/mol. The van der Waals surface area contributed by atoms with Crippen LogP contribution in [-0.4, -0.2) is 19.5 Å². The van der Waals surface area contributed by atoms with Crippen LogP contribution in [-0.2, 0) is 13.0 Å². The number of hydrogen-bond donors (Lipinski definition) is 1. The Morgan fingerprint density at radius 2 is 2.40 bits per heavy atom. The van der Waals surface area contributed by atoms with Gasteiger partial charge in [0.1, 0.15) is 5.82 Å². The molecule has 2 aromatic heterocycles. The Labute approximate surface area is 90.9 Å². The zero-order valence-corrected chi connectivity index (χ0v) is 9.12. The largest absolute Gasteiger partial charge is 0.353 e. The molecule has 0 saturated carbocycles. The smallest absolute Gasteiger partial charge is 0.213 e. The zero-order valence-electron chi connectivity index (χ0n) is 8.30. The average molecular weight is 225 g/mol. The summed E-state index contributed by atoms with van der Waals surface area (Å²) in [6.07, 6.45) is 3.28. The van der Waals surface area contributed by atoms with Gasteiger partial charge >= 0.3 is 0 Å². The highest BCUT2D eigenvalue weighted by molar-refractivity contribution is 7.09. The molecule has 0 aliphatic heterocycles. The molecule has 0 aliphatic carbocycles. The quantitative estimate of drug-likeness (QED) is 0.830. The molecule has 0 unspecified atom stereocenters. The van der Waals surface area contributed by atoms with Gasteiger partial charge in [-0.05, 0) is 6.42 Å². The number of hydrogen-bond acceptors (Lipinski definition) is 7. The lowest BCUT2D eigenvalue weighted by Gasteiger charge is -1.95. The van der Waals surface area contributed by atoms with Crippen LogP contribution in [0.3, 0.4) is 0 Å². The van der Waals surface area contributed by atoms with Gasteiger partial charge in [-0.3, -0.25) is 0 Å². The topological polar surface area (TPSA) is 76.7 Å². The maximum absolute atomic E-state index is 4.61. The van der Waals surface area contributed by atoms with Gasteiger partial charge in [0.25, 0.3) is 0 Å². The first-order valence-corrected chi connectivity index (χ1v) is 5.47. The van der Waals surface area contributed by atoms with E-state index in [-0.39, 0.29) is 0 Å². The molecule has 2 aromatic rings. The molecule has 0 bridgehead atoms. The summed E-state index contributed by atoms with van der Waals surface area (Å²) in [6, 6.07) is 0. The van der Waals surface area contributed by atoms with E-state index in [1.807, 2.05) is 0 Å². The molecule has 0 aliphatic rings. The van der Waals surface area contributed by atoms with E-state index in [1.165, 1.54) is 17.9 Å². The summed E-state index contributed by atoms with van der Waals surface area (Å²) in [5.74, 6) is 1.50. The van der Waals surface area contributed by atoms with E-state index in [1.54, 1.807) is 0 Å². The molecule has 1 N–H and O–H groups in total. The molecule has 6 nitrogen and oxygen atoms in total. The Hall–Kier alpha value is -1.50. The first kappa shape index (κ1) is 10.0. The first-order chi connectivity index (χ1) is 7.38. The minimum atomic E-state index is 0.511. The van der Waals surface area contributed by atoms with Crippen molar-refractivity contribution in [2.45, 2.75) is 26.3 Å². The lowest BCUT2D eigenvalue weighted by atomic mass is 10.3. The standard InChI is InChI=1S/C8H11N5OS/c1-2-3-6-11-8(15-13-6)9-4-7-10-5-14-12-7/h5H,2-4H2,1H3,(H,9,11,13). The number of rotatable bonds is 5. The average Bonchev–Trinajstić information content (AvgIpc) is 2.85. The van der Waals surface area contributed by atoms with Crippen molar-refractivity contribution in [2.24, 2.45) is 0 Å². The summed E-state index contributed by atoms with van der Waals surface area (Å²) >= 11 is 1.35. The Morgan fingerprint density at radius 3 is 3.13 bits per heavy atom. The highest BCUT2D eigenvalue weighted by Crippen LogP contribution is 2.12. The van der Waals surface area contributed by atoms with Crippen molar-refractivity contribution in [3.63, 3.8) is 0 Å². The van der Waals surface area contributed by atoms with Gasteiger partial charge in [-0.25, -0.2) is 4.98 Å². The minimum Gasteiger partial charge on any atom is -0.353 e. The molecule has 0 spiro atoms. The summed E-state index contributed by atoms with van der Waals surface area (Å²) in [5, 5.41) is 7.56. The van der Waals surface area contributed by atoms with Crippen LogP contribution in [0.25, 0.3) is 0 Å². The van der Waals surface area contributed by atoms with Gasteiger partial charge in [-0.15, -0.1) is 0 Å². The molecule has 2 heterocycles. The molecule has 7 heteroatoms. The van der Waals surface area contributed by atoms with Crippen molar-refractivity contribution in [3.8, 4) is 0 Å². The molecule has 0 aromatic carbocycles. The van der Waals surface area contributed by atoms with Gasteiger partial charge in [0.05, 0.1) is 6.54 Å².